The van der Waals surface area contributed by atoms with Gasteiger partial charge >= 0.3 is 5.97 Å². The molecule has 3 fully saturated rings. The zero-order valence-corrected chi connectivity index (χ0v) is 63.2. The number of aromatic nitrogens is 3. The number of aliphatic carboxylic acids is 1. The van der Waals surface area contributed by atoms with E-state index in [1.54, 1.807) is 12.1 Å². The minimum Gasteiger partial charge on any atom is -0.508 e. The second kappa shape index (κ2) is 39.1. The molecule has 590 valence electrons. The number of nitrogens with zero attached hydrogens (tertiary/aromatic N) is 2. The summed E-state index contributed by atoms with van der Waals surface area (Å²) in [6.45, 7) is -0.372. The molecule has 4 heterocycles. The topological polar surface area (TPSA) is 412 Å². The van der Waals surface area contributed by atoms with Crippen molar-refractivity contribution < 1.29 is 71.7 Å². The molecule has 2 bridgehead atoms. The number of carboxylic acids is 1. The van der Waals surface area contributed by atoms with E-state index in [2.05, 4.69) is 52.2 Å². The number of amides is 9. The number of ketones is 1. The van der Waals surface area contributed by atoms with Crippen molar-refractivity contribution in [2.24, 2.45) is 41.1 Å². The molecule has 26 nitrogen and oxygen atoms in total. The summed E-state index contributed by atoms with van der Waals surface area (Å²) in [7, 11) is 0. The number of nitrogens with one attached hydrogen (secondary N) is 9. The summed E-state index contributed by atoms with van der Waals surface area (Å²) >= 11 is 2.89. The molecule has 1 saturated heterocycles. The van der Waals surface area contributed by atoms with Crippen LogP contribution in [0.2, 0.25) is 0 Å². The first-order valence-corrected chi connectivity index (χ1v) is 40.3. The van der Waals surface area contributed by atoms with Crippen molar-refractivity contribution >= 4 is 110 Å². The van der Waals surface area contributed by atoms with Crippen LogP contribution in [-0.4, -0.2) is 175 Å². The number of benzene rings is 5. The summed E-state index contributed by atoms with van der Waals surface area (Å²) in [5.74, 6) is -10.7. The van der Waals surface area contributed by atoms with Crippen molar-refractivity contribution in [1.82, 2.24) is 57.1 Å². The molecule has 2 aliphatic heterocycles. The van der Waals surface area contributed by atoms with Gasteiger partial charge in [-0.2, -0.15) is 23.5 Å². The zero-order chi connectivity index (χ0) is 78.7. The first-order valence-electron chi connectivity index (χ1n) is 38.0. The Hall–Kier alpha value is -10.2. The molecule has 111 heavy (non-hydrogen) atoms. The summed E-state index contributed by atoms with van der Waals surface area (Å²) in [5.41, 5.74) is 16.3. The fourth-order valence-electron chi connectivity index (χ4n) is 15.9. The number of Topliss-reactive ketones (excluding diaryl/α,β-unsaturated/α-hetero) is 1. The highest BCUT2D eigenvalue weighted by atomic mass is 32.2. The number of carbonyl (C=O) groups is 11. The maximum atomic E-state index is 15.8. The fourth-order valence-corrected chi connectivity index (χ4v) is 17.9. The predicted octanol–water partition coefficient (Wildman–Crippen LogP) is 6.19. The number of rotatable bonds is 17. The molecular weight excluding hydrogens is 1470 g/mol. The summed E-state index contributed by atoms with van der Waals surface area (Å²) in [6, 6.07) is 20.9. The first kappa shape index (κ1) is 81.8. The number of imidazole rings is 1. The van der Waals surface area contributed by atoms with Gasteiger partial charge in [0.25, 0.3) is 0 Å². The molecule has 0 radical (unpaired) electrons. The molecule has 30 heteroatoms. The van der Waals surface area contributed by atoms with Crippen LogP contribution in [0.4, 0.5) is 8.78 Å². The monoisotopic (exact) mass is 1560 g/mol. The van der Waals surface area contributed by atoms with Crippen LogP contribution in [0.5, 0.6) is 5.75 Å². The maximum absolute atomic E-state index is 15.8. The molecule has 15 N–H and O–H groups in total. The van der Waals surface area contributed by atoms with E-state index in [0.717, 1.165) is 27.5 Å². The smallest absolute Gasteiger partial charge is 0.305 e. The molecule has 2 aliphatic carbocycles. The summed E-state index contributed by atoms with van der Waals surface area (Å²) in [6.07, 6.45) is 4.66. The van der Waals surface area contributed by atoms with Gasteiger partial charge in [-0.3, -0.25) is 52.7 Å². The lowest BCUT2D eigenvalue weighted by atomic mass is 9.75. The van der Waals surface area contributed by atoms with E-state index >= 15 is 33.2 Å². The number of aromatic hydroxyl groups is 1. The van der Waals surface area contributed by atoms with Crippen LogP contribution >= 0.6 is 23.5 Å². The van der Waals surface area contributed by atoms with Crippen LogP contribution in [0.3, 0.4) is 0 Å². The highest BCUT2D eigenvalue weighted by molar-refractivity contribution is 7.98. The number of thioether (sulfide) groups is 2. The number of phenols is 1. The van der Waals surface area contributed by atoms with Crippen LogP contribution in [0.25, 0.3) is 21.7 Å². The highest BCUT2D eigenvalue weighted by Crippen LogP contribution is 2.48. The Morgan fingerprint density at radius 3 is 2.09 bits per heavy atom. The van der Waals surface area contributed by atoms with Crippen LogP contribution < -0.4 is 48.7 Å². The number of alkyl halides is 1. The molecule has 2 saturated carbocycles. The Balaban J connectivity index is 0.930. The van der Waals surface area contributed by atoms with Crippen LogP contribution in [0.1, 0.15) is 117 Å². The number of hydrogen-bond donors (Lipinski definition) is 13. The maximum Gasteiger partial charge on any atom is 0.305 e. The number of nitrogens with two attached hydrogens (primary N) is 2. The van der Waals surface area contributed by atoms with Gasteiger partial charge in [-0.15, -0.1) is 0 Å². The van der Waals surface area contributed by atoms with Crippen LogP contribution in [-0.2, 0) is 89.9 Å². The van der Waals surface area contributed by atoms with Crippen molar-refractivity contribution in [3.63, 3.8) is 0 Å². The van der Waals surface area contributed by atoms with E-state index < -0.39 is 138 Å². The Morgan fingerprint density at radius 2 is 1.34 bits per heavy atom. The van der Waals surface area contributed by atoms with Gasteiger partial charge in [0.2, 0.25) is 53.2 Å². The van der Waals surface area contributed by atoms with Gasteiger partial charge in [-0.05, 0) is 170 Å². The Morgan fingerprint density at radius 1 is 0.649 bits per heavy atom. The molecule has 4 aliphatic rings. The van der Waals surface area contributed by atoms with Gasteiger partial charge in [0.1, 0.15) is 54.0 Å². The number of fused-ring (bicyclic) bond motifs is 6. The molecule has 11 rings (SSSR count). The molecule has 9 amide bonds. The molecular formula is C81H97F2N13O13S2. The SMILES string of the molecule is NCCCC[C@@H]1NC(=O)CCSCc2cccc(c2)CSC[C@@H](C(N)=O)CC(=O)[C@@H]2C[C@@H](Cc3ccc4ccccc4c3)CN2C(=O)[C@H](Cc2ccc(O)cc2)NC(=O)[C@H](Cc2cnc[nH]2)NC(=O)[C@H](CC(=O)O)NC(=O)[C@H](CC2CCC3CCC(F)CC32)NC(=O)[C@H](Cc2c[nH]c3ccc(F)cc23)NC(=O)CNC1=O. The quantitative estimate of drug-likeness (QED) is 0.0452. The number of halogens is 2. The van der Waals surface area contributed by atoms with Gasteiger partial charge in [0.15, 0.2) is 5.78 Å². The Labute approximate surface area is 649 Å². The molecule has 7 aromatic rings. The average Bonchev–Trinajstić information content (AvgIpc) is 1.67. The van der Waals surface area contributed by atoms with Gasteiger partial charge < -0.3 is 73.8 Å². The molecule has 0 spiro atoms. The third kappa shape index (κ3) is 23.0. The van der Waals surface area contributed by atoms with Gasteiger partial charge in [0.05, 0.1) is 31.3 Å². The third-order valence-corrected chi connectivity index (χ3v) is 23.9. The first-order chi connectivity index (χ1) is 53.5. The lowest BCUT2D eigenvalue weighted by Crippen LogP contribution is -2.60. The number of primary amides is 1. The van der Waals surface area contributed by atoms with E-state index in [9.17, 15) is 38.6 Å². The van der Waals surface area contributed by atoms with Crippen molar-refractivity contribution in [3.8, 4) is 5.75 Å². The predicted molar refractivity (Wildman–Crippen MR) is 416 cm³/mol. The normalized spacial score (nSPS) is 25.8. The molecule has 2 aromatic heterocycles. The lowest BCUT2D eigenvalue weighted by molar-refractivity contribution is -0.142. The van der Waals surface area contributed by atoms with E-state index in [4.69, 9.17) is 11.5 Å². The minimum absolute atomic E-state index is 0.0237. The number of carbonyl (C=O) groups excluding carboxylic acids is 10. The summed E-state index contributed by atoms with van der Waals surface area (Å²) in [4.78, 5) is 172. The van der Waals surface area contributed by atoms with Gasteiger partial charge in [-0.25, -0.2) is 13.8 Å². The van der Waals surface area contributed by atoms with Crippen molar-refractivity contribution in [2.75, 3.05) is 31.1 Å². The number of hydrogen-bond acceptors (Lipinski definition) is 16. The minimum atomic E-state index is -1.99. The standard InChI is InChI=1S/C81H97F2N13O13S2/c82-57-18-17-52-15-16-54(61(52)34-57)31-66-78(106)94-68(37-74(101)102)80(108)93-67(36-59-39-86-45-89-59)79(107)95-69(29-46-12-20-60(97)21-13-46)81(109)96-41-50(26-47-11-14-51-8-1-2-9-53(51)28-47)30-70(96)71(98)33-56(75(85)103)44-111-43-49-7-5-6-48(27-49)42-110-25-23-72(99)90-64(10-3-4-24-84)76(104)88-40-73(100)91-65(77(105)92-66)32-55-38-87-63-22-19-58(83)35-62(55)63/h1-2,5-9,11-14,19-22,27-28,35,38-39,45,50,52,54,56-57,61,64-70,87,97H,3-4,10,15-18,23-26,29-34,36-37,40-44,84H2,(H2,85,103)(H,86,89)(H,88,104)(H,90,99)(H,91,100)(H,92,105)(H,93,108)(H,94,106)(H,95,107)(H,101,102)/t50-,52?,54?,56+,57?,61?,64+,65+,66+,67+,68+,69+,70+/m1/s1. The molecule has 13 atom stereocenters. The summed E-state index contributed by atoms with van der Waals surface area (Å²) < 4.78 is 30.4. The average molecular weight is 1560 g/mol. The molecule has 5 aromatic carbocycles. The van der Waals surface area contributed by atoms with E-state index in [1.807, 2.05) is 66.7 Å². The second-order valence-corrected chi connectivity index (χ2v) is 31.9. The van der Waals surface area contributed by atoms with Gasteiger partial charge in [-0.1, -0.05) is 78.9 Å². The zero-order valence-electron chi connectivity index (χ0n) is 61.6. The number of carboxylic acid groups (broad SMARTS) is 1. The second-order valence-electron chi connectivity index (χ2n) is 29.8. The van der Waals surface area contributed by atoms with Gasteiger partial charge in [0, 0.05) is 90.7 Å². The van der Waals surface area contributed by atoms with Crippen molar-refractivity contribution in [2.45, 2.75) is 169 Å². The van der Waals surface area contributed by atoms with Crippen LogP contribution in [0, 0.1) is 35.4 Å². The molecule has 4 unspecified atom stereocenters. The largest absolute Gasteiger partial charge is 0.508 e. The number of unbranched alkanes of at least 4 members (excludes halogenated alkanes) is 1. The van der Waals surface area contributed by atoms with E-state index in [-0.39, 0.29) is 105 Å². The Bertz CT molecular complexity index is 4470. The number of aromatic amines is 2. The highest BCUT2D eigenvalue weighted by Gasteiger charge is 2.46. The third-order valence-electron chi connectivity index (χ3n) is 21.7. The fraction of sp³-hybridized carbons (Fsp3) is 0.457. The van der Waals surface area contributed by atoms with Crippen molar-refractivity contribution in [3.05, 3.63) is 167 Å². The summed E-state index contributed by atoms with van der Waals surface area (Å²) in [5, 5.41) is 42.1. The lowest BCUT2D eigenvalue weighted by Gasteiger charge is -2.33. The number of H-pyrrole nitrogens is 2. The number of phenolic OH excluding ortho intramolecular Hbond substituents is 1. The van der Waals surface area contributed by atoms with E-state index in [1.165, 1.54) is 77.5 Å². The van der Waals surface area contributed by atoms with Crippen LogP contribution in [0.15, 0.2) is 128 Å². The van der Waals surface area contributed by atoms with E-state index in [0.29, 0.717) is 90.8 Å². The Kier molecular flexibility index (Phi) is 28.8. The van der Waals surface area contributed by atoms with Crippen molar-refractivity contribution in [1.29, 1.82) is 0 Å².